The molecule has 10 heteroatoms. The Bertz CT molecular complexity index is 675. The van der Waals surface area contributed by atoms with Crippen molar-refractivity contribution in [1.82, 2.24) is 10.3 Å². The van der Waals surface area contributed by atoms with Crippen LogP contribution in [0.5, 0.6) is 0 Å². The fraction of sp³-hybridized carbons (Fsp3) is 0.357. The first-order valence-electron chi connectivity index (χ1n) is 6.79. The maximum absolute atomic E-state index is 12.0. The van der Waals surface area contributed by atoms with Gasteiger partial charge in [-0.25, -0.2) is 4.98 Å². The minimum absolute atomic E-state index is 0. The van der Waals surface area contributed by atoms with E-state index in [1.807, 2.05) is 6.92 Å². The largest absolute Gasteiger partial charge is 0.469 e. The molecule has 0 spiro atoms. The lowest BCUT2D eigenvalue weighted by molar-refractivity contribution is -0.121. The van der Waals surface area contributed by atoms with Gasteiger partial charge in [0.05, 0.1) is 23.9 Å². The molecule has 0 unspecified atom stereocenters. The van der Waals surface area contributed by atoms with Gasteiger partial charge in [0.15, 0.2) is 5.13 Å². The number of aromatic nitrogens is 1. The Morgan fingerprint density at radius 3 is 2.71 bits per heavy atom. The molecule has 2 aromatic heterocycles. The first-order valence-corrected chi connectivity index (χ1v) is 7.67. The van der Waals surface area contributed by atoms with Crippen molar-refractivity contribution < 1.29 is 14.0 Å². The third-order valence-electron chi connectivity index (χ3n) is 2.98. The number of furan rings is 1. The summed E-state index contributed by atoms with van der Waals surface area (Å²) >= 11 is 1.27. The zero-order chi connectivity index (χ0) is 16.1. The van der Waals surface area contributed by atoms with Crippen molar-refractivity contribution in [2.24, 2.45) is 5.73 Å². The van der Waals surface area contributed by atoms with E-state index in [1.165, 1.54) is 17.6 Å². The summed E-state index contributed by atoms with van der Waals surface area (Å²) in [5.41, 5.74) is 6.51. The zero-order valence-corrected chi connectivity index (χ0v) is 15.6. The molecule has 0 bridgehead atoms. The third-order valence-corrected chi connectivity index (χ3v) is 3.78. The highest BCUT2D eigenvalue weighted by Crippen LogP contribution is 2.18. The fourth-order valence-corrected chi connectivity index (χ4v) is 2.49. The minimum Gasteiger partial charge on any atom is -0.469 e. The van der Waals surface area contributed by atoms with Gasteiger partial charge in [-0.1, -0.05) is 0 Å². The van der Waals surface area contributed by atoms with Gasteiger partial charge < -0.3 is 15.5 Å². The molecule has 0 fully saturated rings. The van der Waals surface area contributed by atoms with Crippen LogP contribution in [0, 0.1) is 6.92 Å². The van der Waals surface area contributed by atoms with Crippen LogP contribution in [-0.4, -0.2) is 29.4 Å². The number of anilines is 1. The highest BCUT2D eigenvalue weighted by atomic mass is 35.5. The van der Waals surface area contributed by atoms with E-state index < -0.39 is 0 Å². The molecular formula is C14H20Cl2N4O3S. The Kier molecular flexibility index (Phi) is 9.60. The van der Waals surface area contributed by atoms with Crippen LogP contribution in [0.25, 0.3) is 0 Å². The van der Waals surface area contributed by atoms with Gasteiger partial charge in [-0.05, 0) is 19.9 Å². The van der Waals surface area contributed by atoms with E-state index in [-0.39, 0.29) is 49.1 Å². The standard InChI is InChI=1S/C14H18N4O3S.2ClH/c1-8(6-15)16-12(19)5-10-7-22-14(17-10)18-13(20)11-3-4-21-9(11)2;;/h3-4,7-8H,5-6,15H2,1-2H3,(H,16,19)(H,17,18,20);2*1H/t8-;;/m0../s1. The first kappa shape index (κ1) is 22.4. The lowest BCUT2D eigenvalue weighted by Gasteiger charge is -2.09. The fourth-order valence-electron chi connectivity index (χ4n) is 1.78. The van der Waals surface area contributed by atoms with E-state index in [4.69, 9.17) is 10.2 Å². The van der Waals surface area contributed by atoms with Gasteiger partial charge in [-0.2, -0.15) is 0 Å². The average molecular weight is 395 g/mol. The smallest absolute Gasteiger partial charge is 0.260 e. The molecule has 134 valence electrons. The molecule has 1 atom stereocenters. The van der Waals surface area contributed by atoms with Crippen LogP contribution in [-0.2, 0) is 11.2 Å². The summed E-state index contributed by atoms with van der Waals surface area (Å²) in [6, 6.07) is 1.52. The number of carbonyl (C=O) groups excluding carboxylic acids is 2. The molecule has 2 rings (SSSR count). The van der Waals surface area contributed by atoms with Gasteiger partial charge in [0.1, 0.15) is 5.76 Å². The summed E-state index contributed by atoms with van der Waals surface area (Å²) in [6.07, 6.45) is 1.61. The third kappa shape index (κ3) is 6.12. The van der Waals surface area contributed by atoms with Crippen LogP contribution < -0.4 is 16.4 Å². The van der Waals surface area contributed by atoms with E-state index in [0.717, 1.165) is 0 Å². The molecule has 0 saturated carbocycles. The molecule has 7 nitrogen and oxygen atoms in total. The molecule has 24 heavy (non-hydrogen) atoms. The first-order chi connectivity index (χ1) is 10.5. The molecule has 2 amide bonds. The number of nitrogens with two attached hydrogens (primary N) is 1. The molecule has 2 aromatic rings. The molecule has 0 aliphatic carbocycles. The Morgan fingerprint density at radius 2 is 2.12 bits per heavy atom. The lowest BCUT2D eigenvalue weighted by Crippen LogP contribution is -2.38. The van der Waals surface area contributed by atoms with Gasteiger partial charge >= 0.3 is 0 Å². The Morgan fingerprint density at radius 1 is 1.42 bits per heavy atom. The van der Waals surface area contributed by atoms with Crippen molar-refractivity contribution in [3.63, 3.8) is 0 Å². The highest BCUT2D eigenvalue weighted by molar-refractivity contribution is 7.14. The van der Waals surface area contributed by atoms with Gasteiger partial charge in [-0.15, -0.1) is 36.2 Å². The number of halogens is 2. The average Bonchev–Trinajstić information content (AvgIpc) is 3.07. The molecule has 0 aliphatic heterocycles. The zero-order valence-electron chi connectivity index (χ0n) is 13.2. The van der Waals surface area contributed by atoms with Crippen molar-refractivity contribution in [1.29, 1.82) is 0 Å². The summed E-state index contributed by atoms with van der Waals surface area (Å²) in [5.74, 6) is 0.115. The van der Waals surface area contributed by atoms with Crippen LogP contribution in [0.1, 0.15) is 28.7 Å². The van der Waals surface area contributed by atoms with Crippen molar-refractivity contribution in [2.45, 2.75) is 26.3 Å². The van der Waals surface area contributed by atoms with Gasteiger partial charge in [0.25, 0.3) is 5.91 Å². The van der Waals surface area contributed by atoms with Crippen LogP contribution in [0.15, 0.2) is 22.1 Å². The number of aryl methyl sites for hydroxylation is 1. The quantitative estimate of drug-likeness (QED) is 0.694. The Balaban J connectivity index is 0.00000264. The topological polar surface area (TPSA) is 110 Å². The number of amides is 2. The predicted molar refractivity (Wildman–Crippen MR) is 98.4 cm³/mol. The lowest BCUT2D eigenvalue weighted by atomic mass is 10.2. The molecule has 0 saturated heterocycles. The van der Waals surface area contributed by atoms with Crippen LogP contribution in [0.2, 0.25) is 0 Å². The second kappa shape index (κ2) is 10.3. The van der Waals surface area contributed by atoms with E-state index in [0.29, 0.717) is 28.7 Å². The van der Waals surface area contributed by atoms with Crippen molar-refractivity contribution in [2.75, 3.05) is 11.9 Å². The molecular weight excluding hydrogens is 375 g/mol. The van der Waals surface area contributed by atoms with Gasteiger partial charge in [-0.3, -0.25) is 14.9 Å². The molecule has 0 aromatic carbocycles. The Labute approximate surface area is 156 Å². The van der Waals surface area contributed by atoms with Crippen LogP contribution in [0.3, 0.4) is 0 Å². The second-order valence-electron chi connectivity index (χ2n) is 4.87. The summed E-state index contributed by atoms with van der Waals surface area (Å²) in [6.45, 7) is 3.93. The van der Waals surface area contributed by atoms with Gasteiger partial charge in [0.2, 0.25) is 5.91 Å². The van der Waals surface area contributed by atoms with Gasteiger partial charge in [0, 0.05) is 18.0 Å². The van der Waals surface area contributed by atoms with Crippen molar-refractivity contribution in [3.05, 3.63) is 34.7 Å². The van der Waals surface area contributed by atoms with E-state index >= 15 is 0 Å². The number of hydrogen-bond acceptors (Lipinski definition) is 6. The molecule has 0 radical (unpaired) electrons. The highest BCUT2D eigenvalue weighted by Gasteiger charge is 2.14. The minimum atomic E-state index is -0.284. The summed E-state index contributed by atoms with van der Waals surface area (Å²) in [7, 11) is 0. The molecule has 2 heterocycles. The summed E-state index contributed by atoms with van der Waals surface area (Å²) in [4.78, 5) is 28.0. The number of carbonyl (C=O) groups is 2. The molecule has 0 aliphatic rings. The van der Waals surface area contributed by atoms with E-state index in [9.17, 15) is 9.59 Å². The number of nitrogens with zero attached hydrogens (tertiary/aromatic N) is 1. The SMILES string of the molecule is Cc1occc1C(=O)Nc1nc(CC(=O)N[C@@H](C)CN)cs1.Cl.Cl. The number of nitrogens with one attached hydrogen (secondary N) is 2. The van der Waals surface area contributed by atoms with Crippen molar-refractivity contribution >= 4 is 53.1 Å². The van der Waals surface area contributed by atoms with E-state index in [1.54, 1.807) is 18.4 Å². The predicted octanol–water partition coefficient (Wildman–Crippen LogP) is 2.15. The number of thiazole rings is 1. The second-order valence-corrected chi connectivity index (χ2v) is 5.73. The maximum Gasteiger partial charge on any atom is 0.260 e. The maximum atomic E-state index is 12.0. The van der Waals surface area contributed by atoms with Crippen LogP contribution >= 0.6 is 36.2 Å². The summed E-state index contributed by atoms with van der Waals surface area (Å²) < 4.78 is 5.09. The monoisotopic (exact) mass is 394 g/mol. The summed E-state index contributed by atoms with van der Waals surface area (Å²) in [5, 5.41) is 7.63. The normalized spacial score (nSPS) is 11.0. The van der Waals surface area contributed by atoms with Crippen LogP contribution in [0.4, 0.5) is 5.13 Å². The van der Waals surface area contributed by atoms with Crippen molar-refractivity contribution in [3.8, 4) is 0 Å². The number of hydrogen-bond donors (Lipinski definition) is 3. The van der Waals surface area contributed by atoms with E-state index in [2.05, 4.69) is 15.6 Å². The molecule has 4 N–H and O–H groups in total. The Hall–Kier alpha value is -1.61. The number of rotatable bonds is 6.